The van der Waals surface area contributed by atoms with Gasteiger partial charge in [-0.15, -0.1) is 0 Å². The van der Waals surface area contributed by atoms with E-state index >= 15 is 0 Å². The molecule has 0 aliphatic carbocycles. The molecule has 0 amide bonds. The summed E-state index contributed by atoms with van der Waals surface area (Å²) in [5, 5.41) is 0.781. The predicted molar refractivity (Wildman–Crippen MR) is 104 cm³/mol. The number of halogens is 1. The zero-order valence-corrected chi connectivity index (χ0v) is 16.7. The summed E-state index contributed by atoms with van der Waals surface area (Å²) >= 11 is 6.07. The van der Waals surface area contributed by atoms with E-state index < -0.39 is 0 Å². The van der Waals surface area contributed by atoms with Gasteiger partial charge in [0, 0.05) is 17.3 Å². The molecule has 0 saturated heterocycles. The third-order valence-corrected chi connectivity index (χ3v) is 3.97. The van der Waals surface area contributed by atoms with Crippen molar-refractivity contribution >= 4 is 23.1 Å². The number of carbonyl (C=O) groups is 1. The molecule has 2 rings (SSSR count). The highest BCUT2D eigenvalue weighted by Gasteiger charge is 2.27. The topological polar surface area (TPSA) is 20.3 Å². The average Bonchev–Trinajstić information content (AvgIpc) is 2.55. The summed E-state index contributed by atoms with van der Waals surface area (Å²) in [4.78, 5) is 14.3. The van der Waals surface area contributed by atoms with Crippen LogP contribution in [0.2, 0.25) is 5.02 Å². The largest absolute Gasteiger partial charge is 0.361 e. The van der Waals surface area contributed by atoms with Crippen molar-refractivity contribution in [3.63, 3.8) is 0 Å². The van der Waals surface area contributed by atoms with Crippen molar-refractivity contribution in [1.82, 2.24) is 0 Å². The highest BCUT2D eigenvalue weighted by molar-refractivity contribution is 6.30. The Labute approximate surface area is 148 Å². The Bertz CT molecular complexity index is 471. The Kier molecular flexibility index (Phi) is 11.0. The summed E-state index contributed by atoms with van der Waals surface area (Å²) in [5.41, 5.74) is 2.46. The van der Waals surface area contributed by atoms with Crippen LogP contribution in [0.1, 0.15) is 66.9 Å². The molecule has 1 heterocycles. The number of fused-ring (bicyclic) bond motifs is 1. The van der Waals surface area contributed by atoms with Crippen LogP contribution in [0, 0.1) is 5.92 Å². The second-order valence-corrected chi connectivity index (χ2v) is 6.26. The first kappa shape index (κ1) is 22.0. The molecule has 0 bridgehead atoms. The number of hydrogen-bond acceptors (Lipinski definition) is 2. The quantitative estimate of drug-likeness (QED) is 0.655. The van der Waals surface area contributed by atoms with Gasteiger partial charge in [0.05, 0.1) is 6.04 Å². The lowest BCUT2D eigenvalue weighted by molar-refractivity contribution is -0.118. The molecule has 1 unspecified atom stereocenters. The van der Waals surface area contributed by atoms with E-state index in [-0.39, 0.29) is 11.8 Å². The van der Waals surface area contributed by atoms with Crippen molar-refractivity contribution in [2.24, 2.45) is 5.92 Å². The lowest BCUT2D eigenvalue weighted by Crippen LogP contribution is -2.44. The van der Waals surface area contributed by atoms with Crippen molar-refractivity contribution in [2.75, 3.05) is 11.4 Å². The molecule has 0 spiro atoms. The SMILES string of the molecule is CC.CC.CC(=O)C(CC(C)C)N1CCCc2cc(Cl)ccc21. The molecule has 1 atom stereocenters. The normalized spacial score (nSPS) is 14.0. The molecule has 1 aromatic carbocycles. The van der Waals surface area contributed by atoms with Crippen LogP contribution < -0.4 is 4.90 Å². The van der Waals surface area contributed by atoms with Gasteiger partial charge in [-0.2, -0.15) is 0 Å². The maximum Gasteiger partial charge on any atom is 0.152 e. The van der Waals surface area contributed by atoms with Gasteiger partial charge < -0.3 is 4.90 Å². The minimum atomic E-state index is 0.000209. The molecule has 1 aliphatic heterocycles. The van der Waals surface area contributed by atoms with Crippen LogP contribution >= 0.6 is 11.6 Å². The number of ketones is 1. The lowest BCUT2D eigenvalue weighted by atomic mass is 9.94. The molecule has 0 N–H and O–H groups in total. The smallest absolute Gasteiger partial charge is 0.152 e. The van der Waals surface area contributed by atoms with E-state index in [0.717, 1.165) is 30.8 Å². The summed E-state index contributed by atoms with van der Waals surface area (Å²) in [7, 11) is 0. The highest BCUT2D eigenvalue weighted by Crippen LogP contribution is 2.32. The summed E-state index contributed by atoms with van der Waals surface area (Å²) in [6, 6.07) is 6.02. The van der Waals surface area contributed by atoms with Crippen molar-refractivity contribution in [3.8, 4) is 0 Å². The van der Waals surface area contributed by atoms with E-state index in [9.17, 15) is 4.79 Å². The molecular weight excluding hydrogens is 306 g/mol. The van der Waals surface area contributed by atoms with Gasteiger partial charge in [0.1, 0.15) is 0 Å². The molecule has 1 aliphatic rings. The van der Waals surface area contributed by atoms with E-state index in [1.807, 2.05) is 39.8 Å². The molecule has 0 radical (unpaired) electrons. The minimum absolute atomic E-state index is 0.000209. The van der Waals surface area contributed by atoms with E-state index in [0.29, 0.717) is 5.92 Å². The van der Waals surface area contributed by atoms with Gasteiger partial charge in [0.25, 0.3) is 0 Å². The number of anilines is 1. The summed E-state index contributed by atoms with van der Waals surface area (Å²) in [6.07, 6.45) is 3.06. The number of carbonyl (C=O) groups excluding carboxylic acids is 1. The third-order valence-electron chi connectivity index (χ3n) is 3.74. The number of nitrogens with zero attached hydrogens (tertiary/aromatic N) is 1. The molecule has 132 valence electrons. The number of aryl methyl sites for hydroxylation is 1. The highest BCUT2D eigenvalue weighted by atomic mass is 35.5. The van der Waals surface area contributed by atoms with Gasteiger partial charge in [-0.3, -0.25) is 4.79 Å². The van der Waals surface area contributed by atoms with E-state index in [4.69, 9.17) is 11.6 Å². The molecular formula is C20H34ClNO. The zero-order valence-electron chi connectivity index (χ0n) is 15.9. The Morgan fingerprint density at radius 2 is 1.83 bits per heavy atom. The lowest BCUT2D eigenvalue weighted by Gasteiger charge is -2.37. The second-order valence-electron chi connectivity index (χ2n) is 5.83. The van der Waals surface area contributed by atoms with Gasteiger partial charge in [-0.25, -0.2) is 0 Å². The van der Waals surface area contributed by atoms with Crippen LogP contribution in [-0.4, -0.2) is 18.4 Å². The average molecular weight is 340 g/mol. The van der Waals surface area contributed by atoms with E-state index in [2.05, 4.69) is 24.8 Å². The fraction of sp³-hybridized carbons (Fsp3) is 0.650. The first-order chi connectivity index (χ1) is 11.0. The van der Waals surface area contributed by atoms with Crippen molar-refractivity contribution in [1.29, 1.82) is 0 Å². The minimum Gasteiger partial charge on any atom is -0.361 e. The van der Waals surface area contributed by atoms with Crippen LogP contribution in [0.15, 0.2) is 18.2 Å². The first-order valence-corrected chi connectivity index (χ1v) is 9.42. The maximum atomic E-state index is 12.0. The van der Waals surface area contributed by atoms with Gasteiger partial charge in [-0.05, 0) is 55.9 Å². The maximum absolute atomic E-state index is 12.0. The monoisotopic (exact) mass is 339 g/mol. The Morgan fingerprint density at radius 1 is 1.22 bits per heavy atom. The molecule has 0 saturated carbocycles. The van der Waals surface area contributed by atoms with Crippen LogP contribution in [0.5, 0.6) is 0 Å². The second kappa shape index (κ2) is 11.5. The molecule has 0 fully saturated rings. The third kappa shape index (κ3) is 6.55. The zero-order chi connectivity index (χ0) is 18.0. The van der Waals surface area contributed by atoms with Crippen molar-refractivity contribution < 1.29 is 4.79 Å². The fourth-order valence-corrected chi connectivity index (χ4v) is 3.07. The van der Waals surface area contributed by atoms with Gasteiger partial charge >= 0.3 is 0 Å². The van der Waals surface area contributed by atoms with E-state index in [1.165, 1.54) is 11.3 Å². The van der Waals surface area contributed by atoms with Crippen LogP contribution in [0.3, 0.4) is 0 Å². The number of benzene rings is 1. The molecule has 2 nitrogen and oxygen atoms in total. The number of Topliss-reactive ketones (excluding diaryl/α,β-unsaturated/α-hetero) is 1. The van der Waals surface area contributed by atoms with Crippen LogP contribution in [-0.2, 0) is 11.2 Å². The van der Waals surface area contributed by atoms with Crippen molar-refractivity contribution in [3.05, 3.63) is 28.8 Å². The molecule has 3 heteroatoms. The van der Waals surface area contributed by atoms with Crippen molar-refractivity contribution in [2.45, 2.75) is 73.8 Å². The Morgan fingerprint density at radius 3 is 2.35 bits per heavy atom. The standard InChI is InChI=1S/C16H22ClNO.2C2H6/c1-11(2)9-16(12(3)19)18-8-4-5-13-10-14(17)6-7-15(13)18;2*1-2/h6-7,10-11,16H,4-5,8-9H2,1-3H3;2*1-2H3. The molecule has 0 aromatic heterocycles. The molecule has 23 heavy (non-hydrogen) atoms. The van der Waals surface area contributed by atoms with Gasteiger partial charge in [0.2, 0.25) is 0 Å². The Balaban J connectivity index is 0.00000112. The Hall–Kier alpha value is -1.02. The van der Waals surface area contributed by atoms with Gasteiger partial charge in [-0.1, -0.05) is 53.1 Å². The van der Waals surface area contributed by atoms with E-state index in [1.54, 1.807) is 6.92 Å². The first-order valence-electron chi connectivity index (χ1n) is 9.04. The van der Waals surface area contributed by atoms with Crippen LogP contribution in [0.25, 0.3) is 0 Å². The summed E-state index contributed by atoms with van der Waals surface area (Å²) < 4.78 is 0. The molecule has 1 aromatic rings. The fourth-order valence-electron chi connectivity index (χ4n) is 2.88. The summed E-state index contributed by atoms with van der Waals surface area (Å²) in [5.74, 6) is 0.781. The number of rotatable bonds is 4. The number of hydrogen-bond donors (Lipinski definition) is 0. The summed E-state index contributed by atoms with van der Waals surface area (Å²) in [6.45, 7) is 15.0. The predicted octanol–water partition coefficient (Wildman–Crippen LogP) is 6.15. The van der Waals surface area contributed by atoms with Crippen LogP contribution in [0.4, 0.5) is 5.69 Å². The van der Waals surface area contributed by atoms with Gasteiger partial charge in [0.15, 0.2) is 5.78 Å².